The Labute approximate surface area is 112 Å². The van der Waals surface area contributed by atoms with E-state index in [4.69, 9.17) is 16.3 Å². The fraction of sp³-hybridized carbons (Fsp3) is 0.0769. The number of rotatable bonds is 2. The van der Waals surface area contributed by atoms with Crippen molar-refractivity contribution in [3.05, 3.63) is 53.1 Å². The van der Waals surface area contributed by atoms with Crippen LogP contribution in [0.1, 0.15) is 5.56 Å². The lowest BCUT2D eigenvalue weighted by Gasteiger charge is -2.10. The van der Waals surface area contributed by atoms with Crippen molar-refractivity contribution in [2.75, 3.05) is 0 Å². The van der Waals surface area contributed by atoms with Crippen molar-refractivity contribution in [3.63, 3.8) is 0 Å². The van der Waals surface area contributed by atoms with Gasteiger partial charge in [0.25, 0.3) is 0 Å². The van der Waals surface area contributed by atoms with Crippen LogP contribution in [0, 0.1) is 0 Å². The summed E-state index contributed by atoms with van der Waals surface area (Å²) in [4.78, 5) is 0. The maximum absolute atomic E-state index is 12.4. The van der Waals surface area contributed by atoms with Crippen molar-refractivity contribution in [3.8, 4) is 17.2 Å². The first kappa shape index (κ1) is 13.5. The average molecular weight is 289 g/mol. The second-order valence-electron chi connectivity index (χ2n) is 3.74. The number of phenols is 1. The van der Waals surface area contributed by atoms with E-state index in [1.54, 1.807) is 0 Å². The highest BCUT2D eigenvalue weighted by Crippen LogP contribution is 2.34. The Balaban J connectivity index is 2.22. The number of phenolic OH excluding ortho intramolecular Hbond substituents is 1. The molecule has 0 fully saturated rings. The van der Waals surface area contributed by atoms with Gasteiger partial charge in [-0.1, -0.05) is 11.6 Å². The van der Waals surface area contributed by atoms with Crippen LogP contribution >= 0.6 is 11.6 Å². The molecule has 0 aliphatic rings. The maximum Gasteiger partial charge on any atom is 0.416 e. The third-order valence-electron chi connectivity index (χ3n) is 2.32. The van der Waals surface area contributed by atoms with Crippen molar-refractivity contribution in [1.82, 2.24) is 0 Å². The highest BCUT2D eigenvalue weighted by atomic mass is 35.5. The molecule has 19 heavy (non-hydrogen) atoms. The number of hydrogen-bond acceptors (Lipinski definition) is 2. The average Bonchev–Trinajstić information content (AvgIpc) is 2.33. The molecule has 0 heterocycles. The first-order valence-corrected chi connectivity index (χ1v) is 5.58. The van der Waals surface area contributed by atoms with Crippen LogP contribution in [0.25, 0.3) is 0 Å². The van der Waals surface area contributed by atoms with Gasteiger partial charge in [0.1, 0.15) is 17.2 Å². The van der Waals surface area contributed by atoms with E-state index in [9.17, 15) is 18.3 Å². The first-order valence-electron chi connectivity index (χ1n) is 5.20. The number of ether oxygens (including phenoxy) is 1. The molecule has 2 aromatic carbocycles. The Bertz CT molecular complexity index is 579. The quantitative estimate of drug-likeness (QED) is 0.855. The highest BCUT2D eigenvalue weighted by molar-refractivity contribution is 6.32. The molecule has 0 aromatic heterocycles. The minimum Gasteiger partial charge on any atom is -0.508 e. The molecule has 0 saturated carbocycles. The van der Waals surface area contributed by atoms with Gasteiger partial charge in [-0.15, -0.1) is 0 Å². The van der Waals surface area contributed by atoms with Crippen LogP contribution in [-0.2, 0) is 6.18 Å². The number of hydrogen-bond donors (Lipinski definition) is 1. The monoisotopic (exact) mass is 288 g/mol. The maximum atomic E-state index is 12.4. The smallest absolute Gasteiger partial charge is 0.416 e. The summed E-state index contributed by atoms with van der Waals surface area (Å²) >= 11 is 5.83. The van der Waals surface area contributed by atoms with Crippen LogP contribution in [0.4, 0.5) is 13.2 Å². The Morgan fingerprint density at radius 2 is 1.63 bits per heavy atom. The third kappa shape index (κ3) is 3.32. The normalized spacial score (nSPS) is 11.4. The minimum absolute atomic E-state index is 0.0497. The predicted molar refractivity (Wildman–Crippen MR) is 64.6 cm³/mol. The molecule has 0 spiro atoms. The minimum atomic E-state index is -4.39. The lowest BCUT2D eigenvalue weighted by molar-refractivity contribution is -0.137. The second kappa shape index (κ2) is 5.01. The lowest BCUT2D eigenvalue weighted by Crippen LogP contribution is -2.03. The summed E-state index contributed by atoms with van der Waals surface area (Å²) < 4.78 is 42.4. The van der Waals surface area contributed by atoms with E-state index in [0.29, 0.717) is 0 Å². The number of alkyl halides is 3. The first-order chi connectivity index (χ1) is 8.86. The molecule has 0 unspecified atom stereocenters. The Morgan fingerprint density at radius 3 is 2.21 bits per heavy atom. The van der Waals surface area contributed by atoms with E-state index in [1.165, 1.54) is 30.3 Å². The molecule has 0 radical (unpaired) electrons. The number of benzene rings is 2. The molecule has 1 N–H and O–H groups in total. The van der Waals surface area contributed by atoms with Gasteiger partial charge in [0.05, 0.1) is 10.6 Å². The SMILES string of the molecule is Oc1ccc(Cl)c(Oc2ccc(C(F)(F)F)cc2)c1. The van der Waals surface area contributed by atoms with Crippen molar-refractivity contribution in [2.45, 2.75) is 6.18 Å². The van der Waals surface area contributed by atoms with Gasteiger partial charge in [-0.3, -0.25) is 0 Å². The molecule has 0 atom stereocenters. The van der Waals surface area contributed by atoms with Crippen LogP contribution in [0.15, 0.2) is 42.5 Å². The van der Waals surface area contributed by atoms with E-state index < -0.39 is 11.7 Å². The van der Waals surface area contributed by atoms with E-state index in [0.717, 1.165) is 12.1 Å². The van der Waals surface area contributed by atoms with Gasteiger partial charge < -0.3 is 9.84 Å². The molecule has 2 nitrogen and oxygen atoms in total. The molecule has 0 amide bonds. The van der Waals surface area contributed by atoms with Gasteiger partial charge in [-0.2, -0.15) is 13.2 Å². The highest BCUT2D eigenvalue weighted by Gasteiger charge is 2.30. The molecule has 0 aliphatic carbocycles. The molecule has 0 aliphatic heterocycles. The summed E-state index contributed by atoms with van der Waals surface area (Å²) in [6.07, 6.45) is -4.39. The summed E-state index contributed by atoms with van der Waals surface area (Å²) in [6, 6.07) is 8.27. The molecule has 0 bridgehead atoms. The Hall–Kier alpha value is -1.88. The summed E-state index contributed by atoms with van der Waals surface area (Å²) in [6.45, 7) is 0. The molecular formula is C13H8ClF3O2. The van der Waals surface area contributed by atoms with Crippen molar-refractivity contribution in [1.29, 1.82) is 0 Å². The van der Waals surface area contributed by atoms with Crippen molar-refractivity contribution >= 4 is 11.6 Å². The molecule has 2 aromatic rings. The van der Waals surface area contributed by atoms with Crippen LogP contribution in [0.5, 0.6) is 17.2 Å². The van der Waals surface area contributed by atoms with Crippen LogP contribution in [0.2, 0.25) is 5.02 Å². The van der Waals surface area contributed by atoms with Crippen LogP contribution in [0.3, 0.4) is 0 Å². The standard InChI is InChI=1S/C13H8ClF3O2/c14-11-6-3-9(18)7-12(11)19-10-4-1-8(2-5-10)13(15,16)17/h1-7,18H. The summed E-state index contributed by atoms with van der Waals surface area (Å²) in [5.41, 5.74) is -0.762. The number of halogens is 4. The molecule has 0 saturated heterocycles. The van der Waals surface area contributed by atoms with Crippen molar-refractivity contribution < 1.29 is 23.0 Å². The zero-order chi connectivity index (χ0) is 14.0. The Kier molecular flexibility index (Phi) is 3.57. The fourth-order valence-electron chi connectivity index (χ4n) is 1.41. The van der Waals surface area contributed by atoms with Gasteiger partial charge in [0.2, 0.25) is 0 Å². The third-order valence-corrected chi connectivity index (χ3v) is 2.64. The zero-order valence-corrected chi connectivity index (χ0v) is 10.2. The van der Waals surface area contributed by atoms with Gasteiger partial charge in [-0.25, -0.2) is 0 Å². The molecular weight excluding hydrogens is 281 g/mol. The van der Waals surface area contributed by atoms with E-state index in [-0.39, 0.29) is 22.3 Å². The fourth-order valence-corrected chi connectivity index (χ4v) is 1.57. The van der Waals surface area contributed by atoms with Gasteiger partial charge >= 0.3 is 6.18 Å². The van der Waals surface area contributed by atoms with E-state index in [1.807, 2.05) is 0 Å². The van der Waals surface area contributed by atoms with E-state index >= 15 is 0 Å². The topological polar surface area (TPSA) is 29.5 Å². The zero-order valence-electron chi connectivity index (χ0n) is 9.41. The molecule has 2 rings (SSSR count). The van der Waals surface area contributed by atoms with Gasteiger partial charge in [-0.05, 0) is 36.4 Å². The lowest BCUT2D eigenvalue weighted by atomic mass is 10.2. The number of aromatic hydroxyl groups is 1. The van der Waals surface area contributed by atoms with Gasteiger partial charge in [0, 0.05) is 6.07 Å². The molecule has 100 valence electrons. The van der Waals surface area contributed by atoms with Crippen LogP contribution in [-0.4, -0.2) is 5.11 Å². The van der Waals surface area contributed by atoms with E-state index in [2.05, 4.69) is 0 Å². The second-order valence-corrected chi connectivity index (χ2v) is 4.15. The summed E-state index contributed by atoms with van der Waals surface area (Å²) in [5.74, 6) is 0.313. The molecule has 6 heteroatoms. The summed E-state index contributed by atoms with van der Waals surface area (Å²) in [7, 11) is 0. The van der Waals surface area contributed by atoms with Crippen molar-refractivity contribution in [2.24, 2.45) is 0 Å². The largest absolute Gasteiger partial charge is 0.508 e. The predicted octanol–water partition coefficient (Wildman–Crippen LogP) is 4.86. The Morgan fingerprint density at radius 1 is 1.00 bits per heavy atom. The summed E-state index contributed by atoms with van der Waals surface area (Å²) in [5, 5.41) is 9.53. The van der Waals surface area contributed by atoms with Gasteiger partial charge in [0.15, 0.2) is 0 Å². The van der Waals surface area contributed by atoms with Crippen LogP contribution < -0.4 is 4.74 Å².